The maximum atomic E-state index is 2.14. The minimum absolute atomic E-state index is 1.25. The topological polar surface area (TPSA) is 3.24 Å². The molecule has 0 bridgehead atoms. The van der Waals surface area contributed by atoms with Crippen molar-refractivity contribution in [1.29, 1.82) is 0 Å². The molecule has 0 saturated heterocycles. The van der Waals surface area contributed by atoms with Crippen LogP contribution in [0.15, 0.2) is 24.3 Å². The Morgan fingerprint density at radius 2 is 1.73 bits per heavy atom. The van der Waals surface area contributed by atoms with E-state index in [1.54, 1.807) is 11.9 Å². The van der Waals surface area contributed by atoms with Crippen molar-refractivity contribution in [2.45, 2.75) is 6.92 Å². The SMILES string of the molecule is CSN(C)c1ccc(C)cc1. The molecule has 11 heavy (non-hydrogen) atoms. The van der Waals surface area contributed by atoms with Gasteiger partial charge in [-0.05, 0) is 19.1 Å². The van der Waals surface area contributed by atoms with Crippen molar-refractivity contribution in [2.75, 3.05) is 17.6 Å². The molecule has 0 amide bonds. The summed E-state index contributed by atoms with van der Waals surface area (Å²) in [5, 5.41) is 0. The van der Waals surface area contributed by atoms with Crippen molar-refractivity contribution in [3.8, 4) is 0 Å². The summed E-state index contributed by atoms with van der Waals surface area (Å²) in [6.45, 7) is 2.10. The lowest BCUT2D eigenvalue weighted by Gasteiger charge is -2.14. The molecule has 1 aromatic rings. The highest BCUT2D eigenvalue weighted by Gasteiger charge is 1.95. The highest BCUT2D eigenvalue weighted by atomic mass is 32.2. The average molecular weight is 167 g/mol. The van der Waals surface area contributed by atoms with Gasteiger partial charge < -0.3 is 4.31 Å². The second kappa shape index (κ2) is 3.67. The maximum absolute atomic E-state index is 2.14. The monoisotopic (exact) mass is 167 g/mol. The summed E-state index contributed by atoms with van der Waals surface area (Å²) < 4.78 is 2.14. The van der Waals surface area contributed by atoms with Crippen LogP contribution in [0.2, 0.25) is 0 Å². The third-order valence-corrected chi connectivity index (χ3v) is 2.43. The minimum atomic E-state index is 1.25. The van der Waals surface area contributed by atoms with Crippen LogP contribution in [0.3, 0.4) is 0 Å². The summed E-state index contributed by atoms with van der Waals surface area (Å²) in [5.41, 5.74) is 2.56. The standard InChI is InChI=1S/C9H13NS/c1-8-4-6-9(7-5-8)10(2)11-3/h4-7H,1-3H3. The fourth-order valence-electron chi connectivity index (χ4n) is 0.860. The zero-order chi connectivity index (χ0) is 8.27. The largest absolute Gasteiger partial charge is 0.320 e. The molecular formula is C9H13NS. The van der Waals surface area contributed by atoms with E-state index in [-0.39, 0.29) is 0 Å². The van der Waals surface area contributed by atoms with Gasteiger partial charge in [0.15, 0.2) is 0 Å². The zero-order valence-electron chi connectivity index (χ0n) is 7.16. The molecular weight excluding hydrogens is 154 g/mol. The van der Waals surface area contributed by atoms with Gasteiger partial charge in [0.05, 0.1) is 0 Å². The van der Waals surface area contributed by atoms with Crippen LogP contribution < -0.4 is 4.31 Å². The van der Waals surface area contributed by atoms with E-state index in [9.17, 15) is 0 Å². The van der Waals surface area contributed by atoms with E-state index >= 15 is 0 Å². The number of rotatable bonds is 2. The smallest absolute Gasteiger partial charge is 0.0466 e. The minimum Gasteiger partial charge on any atom is -0.320 e. The molecule has 0 aromatic heterocycles. The summed E-state index contributed by atoms with van der Waals surface area (Å²) in [7, 11) is 2.06. The Morgan fingerprint density at radius 3 is 2.18 bits per heavy atom. The number of hydrogen-bond acceptors (Lipinski definition) is 2. The Kier molecular flexibility index (Phi) is 2.83. The Balaban J connectivity index is 2.81. The Morgan fingerprint density at radius 1 is 1.18 bits per heavy atom. The number of hydrogen-bond donors (Lipinski definition) is 0. The van der Waals surface area contributed by atoms with Gasteiger partial charge in [-0.2, -0.15) is 0 Å². The van der Waals surface area contributed by atoms with Crippen LogP contribution in [0.5, 0.6) is 0 Å². The Hall–Kier alpha value is -0.630. The molecule has 0 unspecified atom stereocenters. The lowest BCUT2D eigenvalue weighted by molar-refractivity contribution is 1.34. The molecule has 1 nitrogen and oxygen atoms in total. The van der Waals surface area contributed by atoms with Crippen LogP contribution in [0.1, 0.15) is 5.56 Å². The van der Waals surface area contributed by atoms with E-state index in [0.29, 0.717) is 0 Å². The molecule has 0 radical (unpaired) electrons. The van der Waals surface area contributed by atoms with Gasteiger partial charge in [-0.15, -0.1) is 0 Å². The molecule has 1 rings (SSSR count). The highest BCUT2D eigenvalue weighted by molar-refractivity contribution is 7.99. The van der Waals surface area contributed by atoms with E-state index in [1.807, 2.05) is 0 Å². The summed E-state index contributed by atoms with van der Waals surface area (Å²) in [6, 6.07) is 8.52. The molecule has 0 atom stereocenters. The Labute approximate surface area is 72.5 Å². The van der Waals surface area contributed by atoms with Crippen LogP contribution in [-0.2, 0) is 0 Å². The average Bonchev–Trinajstić information content (AvgIpc) is 2.05. The molecule has 0 fully saturated rings. The number of nitrogens with zero attached hydrogens (tertiary/aromatic N) is 1. The van der Waals surface area contributed by atoms with Gasteiger partial charge in [-0.3, -0.25) is 0 Å². The van der Waals surface area contributed by atoms with Crippen molar-refractivity contribution in [1.82, 2.24) is 0 Å². The molecule has 0 aliphatic heterocycles. The van der Waals surface area contributed by atoms with Crippen LogP contribution >= 0.6 is 11.9 Å². The third kappa shape index (κ3) is 2.15. The van der Waals surface area contributed by atoms with Crippen LogP contribution in [0.4, 0.5) is 5.69 Å². The van der Waals surface area contributed by atoms with Crippen molar-refractivity contribution >= 4 is 17.6 Å². The molecule has 0 aliphatic carbocycles. The lowest BCUT2D eigenvalue weighted by atomic mass is 10.2. The van der Waals surface area contributed by atoms with E-state index in [2.05, 4.69) is 48.8 Å². The number of aryl methyl sites for hydroxylation is 1. The highest BCUT2D eigenvalue weighted by Crippen LogP contribution is 2.18. The van der Waals surface area contributed by atoms with E-state index in [4.69, 9.17) is 0 Å². The first kappa shape index (κ1) is 8.47. The van der Waals surface area contributed by atoms with Crippen molar-refractivity contribution in [3.05, 3.63) is 29.8 Å². The quantitative estimate of drug-likeness (QED) is 0.623. The molecule has 0 N–H and O–H groups in total. The van der Waals surface area contributed by atoms with Crippen LogP contribution in [0.25, 0.3) is 0 Å². The van der Waals surface area contributed by atoms with Gasteiger partial charge in [-0.25, -0.2) is 0 Å². The molecule has 0 aliphatic rings. The number of benzene rings is 1. The van der Waals surface area contributed by atoms with Crippen molar-refractivity contribution in [2.24, 2.45) is 0 Å². The van der Waals surface area contributed by atoms with E-state index in [0.717, 1.165) is 0 Å². The lowest BCUT2D eigenvalue weighted by Crippen LogP contribution is -2.04. The normalized spacial score (nSPS) is 9.73. The third-order valence-electron chi connectivity index (χ3n) is 1.67. The zero-order valence-corrected chi connectivity index (χ0v) is 7.98. The molecule has 1 aromatic carbocycles. The van der Waals surface area contributed by atoms with Gasteiger partial charge >= 0.3 is 0 Å². The van der Waals surface area contributed by atoms with Gasteiger partial charge in [0.1, 0.15) is 0 Å². The van der Waals surface area contributed by atoms with E-state index < -0.39 is 0 Å². The molecule has 60 valence electrons. The van der Waals surface area contributed by atoms with Gasteiger partial charge in [-0.1, -0.05) is 29.6 Å². The molecule has 2 heteroatoms. The second-order valence-electron chi connectivity index (χ2n) is 2.52. The number of anilines is 1. The maximum Gasteiger partial charge on any atom is 0.0466 e. The first-order valence-corrected chi connectivity index (χ1v) is 4.76. The first-order valence-electron chi connectivity index (χ1n) is 3.58. The van der Waals surface area contributed by atoms with E-state index in [1.165, 1.54) is 11.3 Å². The second-order valence-corrected chi connectivity index (χ2v) is 3.43. The summed E-state index contributed by atoms with van der Waals surface area (Å²) in [4.78, 5) is 0. The fourth-order valence-corrected chi connectivity index (χ4v) is 1.19. The van der Waals surface area contributed by atoms with Crippen molar-refractivity contribution < 1.29 is 0 Å². The summed E-state index contributed by atoms with van der Waals surface area (Å²) in [6.07, 6.45) is 2.07. The van der Waals surface area contributed by atoms with Gasteiger partial charge in [0.2, 0.25) is 0 Å². The van der Waals surface area contributed by atoms with Crippen LogP contribution in [-0.4, -0.2) is 13.3 Å². The fraction of sp³-hybridized carbons (Fsp3) is 0.333. The molecule has 0 spiro atoms. The predicted octanol–water partition coefficient (Wildman–Crippen LogP) is 2.71. The van der Waals surface area contributed by atoms with Gasteiger partial charge in [0, 0.05) is 19.0 Å². The predicted molar refractivity (Wildman–Crippen MR) is 53.1 cm³/mol. The first-order chi connectivity index (χ1) is 5.24. The molecule has 0 saturated carbocycles. The molecule has 0 heterocycles. The van der Waals surface area contributed by atoms with Crippen LogP contribution in [0, 0.1) is 6.92 Å². The Bertz CT molecular complexity index is 218. The summed E-state index contributed by atoms with van der Waals surface area (Å²) in [5.74, 6) is 0. The van der Waals surface area contributed by atoms with Crippen molar-refractivity contribution in [3.63, 3.8) is 0 Å². The van der Waals surface area contributed by atoms with Gasteiger partial charge in [0.25, 0.3) is 0 Å². The summed E-state index contributed by atoms with van der Waals surface area (Å²) >= 11 is 1.72.